The smallest absolute Gasteiger partial charge is 0.337 e. The van der Waals surface area contributed by atoms with Crippen LogP contribution in [0, 0.1) is 6.92 Å². The number of imide groups is 1. The summed E-state index contributed by atoms with van der Waals surface area (Å²) in [6.45, 7) is 1.68. The zero-order valence-corrected chi connectivity index (χ0v) is 10.5. The SMILES string of the molecule is Cc1cccc(C(=O)O)c1N1C(=O)CSCC1=O. The molecule has 1 N–H and O–H groups in total. The number of amides is 2. The summed E-state index contributed by atoms with van der Waals surface area (Å²) in [5, 5.41) is 9.14. The van der Waals surface area contributed by atoms with E-state index in [-0.39, 0.29) is 34.6 Å². The molecule has 2 amide bonds. The van der Waals surface area contributed by atoms with Crippen LogP contribution in [0.3, 0.4) is 0 Å². The van der Waals surface area contributed by atoms with Gasteiger partial charge in [0.05, 0.1) is 22.8 Å². The molecule has 0 unspecified atom stereocenters. The molecule has 0 radical (unpaired) electrons. The highest BCUT2D eigenvalue weighted by molar-refractivity contribution is 8.00. The number of anilines is 1. The van der Waals surface area contributed by atoms with E-state index in [0.717, 1.165) is 4.90 Å². The molecule has 1 aromatic carbocycles. The number of thioether (sulfide) groups is 1. The third-order valence-electron chi connectivity index (χ3n) is 2.64. The highest BCUT2D eigenvalue weighted by Crippen LogP contribution is 2.28. The van der Waals surface area contributed by atoms with Crippen molar-refractivity contribution in [3.63, 3.8) is 0 Å². The van der Waals surface area contributed by atoms with Crippen molar-refractivity contribution in [3.8, 4) is 0 Å². The van der Waals surface area contributed by atoms with E-state index in [1.165, 1.54) is 17.8 Å². The number of aromatic carboxylic acids is 1. The second kappa shape index (κ2) is 4.81. The fourth-order valence-electron chi connectivity index (χ4n) is 1.87. The first kappa shape index (κ1) is 12.6. The minimum atomic E-state index is -1.15. The van der Waals surface area contributed by atoms with Gasteiger partial charge in [-0.05, 0) is 18.6 Å². The summed E-state index contributed by atoms with van der Waals surface area (Å²) < 4.78 is 0. The van der Waals surface area contributed by atoms with Gasteiger partial charge in [0, 0.05) is 0 Å². The molecule has 0 spiro atoms. The Kier molecular flexibility index (Phi) is 3.38. The van der Waals surface area contributed by atoms with E-state index in [4.69, 9.17) is 5.11 Å². The van der Waals surface area contributed by atoms with Gasteiger partial charge in [0.2, 0.25) is 11.8 Å². The number of carboxylic acid groups (broad SMARTS) is 1. The topological polar surface area (TPSA) is 74.7 Å². The quantitative estimate of drug-likeness (QED) is 0.816. The molecular weight excluding hydrogens is 254 g/mol. The van der Waals surface area contributed by atoms with Gasteiger partial charge in [-0.25, -0.2) is 9.69 Å². The van der Waals surface area contributed by atoms with Gasteiger partial charge in [-0.15, -0.1) is 11.8 Å². The molecule has 6 heteroatoms. The summed E-state index contributed by atoms with van der Waals surface area (Å²) in [4.78, 5) is 35.8. The standard InChI is InChI=1S/C12H11NO4S/c1-7-3-2-4-8(12(16)17)11(7)13-9(14)5-18-6-10(13)15/h2-4H,5-6H2,1H3,(H,16,17). The summed E-state index contributed by atoms with van der Waals surface area (Å²) in [5.74, 6) is -1.49. The third-order valence-corrected chi connectivity index (χ3v) is 3.54. The number of carbonyl (C=O) groups is 3. The maximum Gasteiger partial charge on any atom is 0.337 e. The zero-order valence-electron chi connectivity index (χ0n) is 9.67. The van der Waals surface area contributed by atoms with Crippen LogP contribution < -0.4 is 4.90 Å². The molecule has 5 nitrogen and oxygen atoms in total. The lowest BCUT2D eigenvalue weighted by Crippen LogP contribution is -2.44. The molecule has 1 saturated heterocycles. The van der Waals surface area contributed by atoms with Crippen molar-refractivity contribution in [1.82, 2.24) is 0 Å². The van der Waals surface area contributed by atoms with E-state index in [2.05, 4.69) is 0 Å². The molecule has 94 valence electrons. The summed E-state index contributed by atoms with van der Waals surface area (Å²) in [5.41, 5.74) is 0.771. The minimum Gasteiger partial charge on any atom is -0.478 e. The molecule has 1 heterocycles. The number of benzene rings is 1. The monoisotopic (exact) mass is 265 g/mol. The molecule has 2 rings (SSSR count). The number of carbonyl (C=O) groups excluding carboxylic acids is 2. The highest BCUT2D eigenvalue weighted by Gasteiger charge is 2.31. The van der Waals surface area contributed by atoms with Gasteiger partial charge >= 0.3 is 5.97 Å². The fraction of sp³-hybridized carbons (Fsp3) is 0.250. The number of para-hydroxylation sites is 1. The van der Waals surface area contributed by atoms with Crippen molar-refractivity contribution in [3.05, 3.63) is 29.3 Å². The lowest BCUT2D eigenvalue weighted by Gasteiger charge is -2.27. The van der Waals surface area contributed by atoms with E-state index >= 15 is 0 Å². The van der Waals surface area contributed by atoms with Crippen LogP contribution in [0.4, 0.5) is 5.69 Å². The van der Waals surface area contributed by atoms with Gasteiger partial charge < -0.3 is 5.11 Å². The summed E-state index contributed by atoms with van der Waals surface area (Å²) in [6, 6.07) is 4.67. The molecule has 0 atom stereocenters. The van der Waals surface area contributed by atoms with Gasteiger partial charge in [0.15, 0.2) is 0 Å². The second-order valence-electron chi connectivity index (χ2n) is 3.89. The third kappa shape index (κ3) is 2.11. The van der Waals surface area contributed by atoms with Crippen LogP contribution in [0.1, 0.15) is 15.9 Å². The maximum absolute atomic E-state index is 11.8. The van der Waals surface area contributed by atoms with E-state index in [1.807, 2.05) is 0 Å². The Labute approximate surface area is 108 Å². The summed E-state index contributed by atoms with van der Waals surface area (Å²) >= 11 is 1.24. The van der Waals surface area contributed by atoms with Crippen molar-refractivity contribution in [1.29, 1.82) is 0 Å². The van der Waals surface area contributed by atoms with Crippen molar-refractivity contribution < 1.29 is 19.5 Å². The Balaban J connectivity index is 2.58. The lowest BCUT2D eigenvalue weighted by atomic mass is 10.1. The highest BCUT2D eigenvalue weighted by atomic mass is 32.2. The van der Waals surface area contributed by atoms with Crippen molar-refractivity contribution in [2.45, 2.75) is 6.92 Å². The largest absolute Gasteiger partial charge is 0.478 e. The Morgan fingerprint density at radius 2 is 1.89 bits per heavy atom. The van der Waals surface area contributed by atoms with E-state index in [0.29, 0.717) is 5.56 Å². The maximum atomic E-state index is 11.8. The van der Waals surface area contributed by atoms with Crippen LogP contribution in [0.2, 0.25) is 0 Å². The predicted molar refractivity (Wildman–Crippen MR) is 68.0 cm³/mol. The first-order chi connectivity index (χ1) is 8.52. The van der Waals surface area contributed by atoms with Gasteiger partial charge in [0.25, 0.3) is 0 Å². The second-order valence-corrected chi connectivity index (χ2v) is 4.88. The van der Waals surface area contributed by atoms with Crippen molar-refractivity contribution in [2.24, 2.45) is 0 Å². The predicted octanol–water partition coefficient (Wildman–Crippen LogP) is 1.30. The number of nitrogens with zero attached hydrogens (tertiary/aromatic N) is 1. The molecule has 0 aliphatic carbocycles. The Bertz CT molecular complexity index is 525. The van der Waals surface area contributed by atoms with Gasteiger partial charge in [-0.3, -0.25) is 9.59 Å². The number of aryl methyl sites for hydroxylation is 1. The summed E-state index contributed by atoms with van der Waals surface area (Å²) in [7, 11) is 0. The first-order valence-electron chi connectivity index (χ1n) is 5.29. The average molecular weight is 265 g/mol. The Hall–Kier alpha value is -1.82. The summed E-state index contributed by atoms with van der Waals surface area (Å²) in [6.07, 6.45) is 0. The van der Waals surface area contributed by atoms with Crippen LogP contribution in [0.25, 0.3) is 0 Å². The molecule has 1 fully saturated rings. The van der Waals surface area contributed by atoms with Crippen LogP contribution in [-0.4, -0.2) is 34.4 Å². The first-order valence-corrected chi connectivity index (χ1v) is 6.44. The fourth-order valence-corrected chi connectivity index (χ4v) is 2.58. The van der Waals surface area contributed by atoms with Crippen LogP contribution >= 0.6 is 11.8 Å². The van der Waals surface area contributed by atoms with Crippen LogP contribution in [-0.2, 0) is 9.59 Å². The molecule has 18 heavy (non-hydrogen) atoms. The van der Waals surface area contributed by atoms with E-state index in [1.54, 1.807) is 19.1 Å². The molecule has 0 aromatic heterocycles. The average Bonchev–Trinajstić information content (AvgIpc) is 2.30. The number of carboxylic acids is 1. The molecule has 1 aliphatic heterocycles. The van der Waals surface area contributed by atoms with Crippen molar-refractivity contribution >= 4 is 35.2 Å². The zero-order chi connectivity index (χ0) is 13.3. The van der Waals surface area contributed by atoms with E-state index < -0.39 is 5.97 Å². The van der Waals surface area contributed by atoms with Gasteiger partial charge in [-0.1, -0.05) is 12.1 Å². The van der Waals surface area contributed by atoms with Gasteiger partial charge in [-0.2, -0.15) is 0 Å². The normalized spacial score (nSPS) is 15.9. The lowest BCUT2D eigenvalue weighted by molar-refractivity contribution is -0.124. The van der Waals surface area contributed by atoms with Crippen LogP contribution in [0.15, 0.2) is 18.2 Å². The Morgan fingerprint density at radius 1 is 1.28 bits per heavy atom. The minimum absolute atomic E-state index is 0.0244. The number of rotatable bonds is 2. The molecular formula is C12H11NO4S. The number of hydrogen-bond acceptors (Lipinski definition) is 4. The van der Waals surface area contributed by atoms with Gasteiger partial charge in [0.1, 0.15) is 0 Å². The number of hydrogen-bond donors (Lipinski definition) is 1. The van der Waals surface area contributed by atoms with Crippen molar-refractivity contribution in [2.75, 3.05) is 16.4 Å². The van der Waals surface area contributed by atoms with Crippen LogP contribution in [0.5, 0.6) is 0 Å². The molecule has 1 aromatic rings. The van der Waals surface area contributed by atoms with E-state index in [9.17, 15) is 14.4 Å². The Morgan fingerprint density at radius 3 is 2.44 bits per heavy atom. The molecule has 0 saturated carbocycles. The molecule has 0 bridgehead atoms. The molecule has 1 aliphatic rings.